The number of likely N-dealkylation sites (tertiary alicyclic amines) is 1. The molecule has 0 aliphatic carbocycles. The molecule has 3 rings (SSSR count). The van der Waals surface area contributed by atoms with Crippen LogP contribution in [0.4, 0.5) is 4.39 Å². The van der Waals surface area contributed by atoms with Crippen LogP contribution in [0.3, 0.4) is 0 Å². The summed E-state index contributed by atoms with van der Waals surface area (Å²) in [4.78, 5) is 25.2. The topological polar surface area (TPSA) is 102 Å². The van der Waals surface area contributed by atoms with E-state index in [0.717, 1.165) is 18.2 Å². The van der Waals surface area contributed by atoms with E-state index in [-0.39, 0.29) is 40.2 Å². The maximum atomic E-state index is 13.7. The summed E-state index contributed by atoms with van der Waals surface area (Å²) in [6.45, 7) is 0.951. The van der Waals surface area contributed by atoms with Crippen LogP contribution in [0.15, 0.2) is 33.9 Å². The molecular formula is C16H17FN4O3S. The number of carbonyl (C=O) groups is 2. The SMILES string of the molecule is NC(=O)[C@@H]1CCCN(C(=O)CSc2nnc(-c3ccccc3F)o2)C1. The van der Waals surface area contributed by atoms with Gasteiger partial charge in [-0.2, -0.15) is 0 Å². The molecule has 1 aromatic heterocycles. The first-order chi connectivity index (χ1) is 12.0. The molecule has 2 aromatic rings. The molecule has 0 spiro atoms. The number of nitrogens with zero attached hydrogens (tertiary/aromatic N) is 3. The highest BCUT2D eigenvalue weighted by atomic mass is 32.2. The summed E-state index contributed by atoms with van der Waals surface area (Å²) in [5.74, 6) is -1.08. The van der Waals surface area contributed by atoms with E-state index in [1.807, 2.05) is 0 Å². The van der Waals surface area contributed by atoms with Crippen molar-refractivity contribution in [3.63, 3.8) is 0 Å². The first kappa shape index (κ1) is 17.4. The Balaban J connectivity index is 1.58. The molecule has 0 saturated carbocycles. The highest BCUT2D eigenvalue weighted by Crippen LogP contribution is 2.25. The number of carbonyl (C=O) groups excluding carboxylic acids is 2. The predicted molar refractivity (Wildman–Crippen MR) is 88.9 cm³/mol. The van der Waals surface area contributed by atoms with E-state index in [1.165, 1.54) is 6.07 Å². The first-order valence-corrected chi connectivity index (χ1v) is 8.81. The van der Waals surface area contributed by atoms with Crippen LogP contribution in [0.1, 0.15) is 12.8 Å². The Morgan fingerprint density at radius 2 is 2.16 bits per heavy atom. The number of benzene rings is 1. The summed E-state index contributed by atoms with van der Waals surface area (Å²) in [6, 6.07) is 6.09. The van der Waals surface area contributed by atoms with Crippen molar-refractivity contribution >= 4 is 23.6 Å². The monoisotopic (exact) mass is 364 g/mol. The fourth-order valence-electron chi connectivity index (χ4n) is 2.66. The predicted octanol–water partition coefficient (Wildman–Crippen LogP) is 1.69. The molecule has 0 bridgehead atoms. The molecule has 1 aromatic carbocycles. The van der Waals surface area contributed by atoms with Crippen molar-refractivity contribution in [1.29, 1.82) is 0 Å². The summed E-state index contributed by atoms with van der Waals surface area (Å²) < 4.78 is 19.1. The van der Waals surface area contributed by atoms with Crippen molar-refractivity contribution in [3.8, 4) is 11.5 Å². The van der Waals surface area contributed by atoms with Crippen molar-refractivity contribution in [3.05, 3.63) is 30.1 Å². The van der Waals surface area contributed by atoms with E-state index in [9.17, 15) is 14.0 Å². The number of aromatic nitrogens is 2. The van der Waals surface area contributed by atoms with Crippen LogP contribution in [-0.2, 0) is 9.59 Å². The van der Waals surface area contributed by atoms with E-state index in [0.29, 0.717) is 19.5 Å². The number of thioether (sulfide) groups is 1. The second-order valence-corrected chi connectivity index (χ2v) is 6.65. The largest absolute Gasteiger partial charge is 0.411 e. The van der Waals surface area contributed by atoms with Crippen molar-refractivity contribution in [1.82, 2.24) is 15.1 Å². The number of amides is 2. The number of nitrogens with two attached hydrogens (primary N) is 1. The quantitative estimate of drug-likeness (QED) is 0.810. The van der Waals surface area contributed by atoms with Crippen molar-refractivity contribution in [2.75, 3.05) is 18.8 Å². The molecule has 9 heteroatoms. The van der Waals surface area contributed by atoms with Crippen molar-refractivity contribution < 1.29 is 18.4 Å². The van der Waals surface area contributed by atoms with Crippen molar-refractivity contribution in [2.45, 2.75) is 18.1 Å². The van der Waals surface area contributed by atoms with Gasteiger partial charge in [0.05, 0.1) is 17.2 Å². The van der Waals surface area contributed by atoms with E-state index < -0.39 is 5.82 Å². The molecule has 1 atom stereocenters. The highest BCUT2D eigenvalue weighted by Gasteiger charge is 2.27. The molecule has 7 nitrogen and oxygen atoms in total. The summed E-state index contributed by atoms with van der Waals surface area (Å²) in [5, 5.41) is 7.83. The lowest BCUT2D eigenvalue weighted by Crippen LogP contribution is -2.44. The van der Waals surface area contributed by atoms with Gasteiger partial charge in [0.2, 0.25) is 11.8 Å². The molecule has 2 N–H and O–H groups in total. The van der Waals surface area contributed by atoms with Crippen LogP contribution in [0.5, 0.6) is 0 Å². The maximum Gasteiger partial charge on any atom is 0.277 e. The van der Waals surface area contributed by atoms with E-state index in [1.54, 1.807) is 23.1 Å². The van der Waals surface area contributed by atoms with Gasteiger partial charge < -0.3 is 15.1 Å². The molecule has 1 fully saturated rings. The lowest BCUT2D eigenvalue weighted by molar-refractivity contribution is -0.132. The highest BCUT2D eigenvalue weighted by molar-refractivity contribution is 7.99. The van der Waals surface area contributed by atoms with Gasteiger partial charge in [0.1, 0.15) is 5.82 Å². The Morgan fingerprint density at radius 3 is 2.92 bits per heavy atom. The molecule has 2 heterocycles. The number of hydrogen-bond acceptors (Lipinski definition) is 6. The van der Waals surface area contributed by atoms with E-state index >= 15 is 0 Å². The summed E-state index contributed by atoms with van der Waals surface area (Å²) in [7, 11) is 0. The first-order valence-electron chi connectivity index (χ1n) is 7.83. The van der Waals surface area contributed by atoms with Gasteiger partial charge in [-0.15, -0.1) is 10.2 Å². The summed E-state index contributed by atoms with van der Waals surface area (Å²) >= 11 is 1.08. The Kier molecular flexibility index (Phi) is 5.32. The van der Waals surface area contributed by atoms with Crippen LogP contribution in [0.2, 0.25) is 0 Å². The van der Waals surface area contributed by atoms with Gasteiger partial charge in [-0.05, 0) is 25.0 Å². The zero-order chi connectivity index (χ0) is 17.8. The molecule has 0 radical (unpaired) electrons. The molecule has 25 heavy (non-hydrogen) atoms. The number of piperidine rings is 1. The third kappa shape index (κ3) is 4.16. The maximum absolute atomic E-state index is 13.7. The fraction of sp³-hybridized carbons (Fsp3) is 0.375. The fourth-order valence-corrected chi connectivity index (χ4v) is 3.33. The second kappa shape index (κ2) is 7.64. The molecule has 2 amide bonds. The van der Waals surface area contributed by atoms with E-state index in [4.69, 9.17) is 10.2 Å². The zero-order valence-electron chi connectivity index (χ0n) is 13.4. The Bertz CT molecular complexity index is 782. The molecule has 1 saturated heterocycles. The zero-order valence-corrected chi connectivity index (χ0v) is 14.2. The molecule has 132 valence electrons. The minimum atomic E-state index is -0.454. The van der Waals surface area contributed by atoms with Crippen LogP contribution in [0, 0.1) is 11.7 Å². The summed E-state index contributed by atoms with van der Waals surface area (Å²) in [6.07, 6.45) is 1.46. The number of rotatable bonds is 5. The number of halogens is 1. The average molecular weight is 364 g/mol. The van der Waals surface area contributed by atoms with Gasteiger partial charge in [-0.25, -0.2) is 4.39 Å². The standard InChI is InChI=1S/C16H17FN4O3S/c17-12-6-2-1-5-11(12)15-19-20-16(24-15)25-9-13(22)21-7-3-4-10(8-21)14(18)23/h1-2,5-6,10H,3-4,7-9H2,(H2,18,23)/t10-/m1/s1. The smallest absolute Gasteiger partial charge is 0.277 e. The van der Waals surface area contributed by atoms with Gasteiger partial charge in [0, 0.05) is 13.1 Å². The Labute approximate surface area is 147 Å². The lowest BCUT2D eigenvalue weighted by atomic mass is 9.97. The number of hydrogen-bond donors (Lipinski definition) is 1. The van der Waals surface area contributed by atoms with Crippen LogP contribution >= 0.6 is 11.8 Å². The van der Waals surface area contributed by atoms with Gasteiger partial charge in [0.15, 0.2) is 0 Å². The van der Waals surface area contributed by atoms with Crippen molar-refractivity contribution in [2.24, 2.45) is 11.7 Å². The van der Waals surface area contributed by atoms with Gasteiger partial charge in [0.25, 0.3) is 11.1 Å². The molecule has 1 aliphatic heterocycles. The Morgan fingerprint density at radius 1 is 1.36 bits per heavy atom. The van der Waals surface area contributed by atoms with E-state index in [2.05, 4.69) is 10.2 Å². The average Bonchev–Trinajstić information content (AvgIpc) is 3.09. The molecule has 0 unspecified atom stereocenters. The van der Waals surface area contributed by atoms with Gasteiger partial charge >= 0.3 is 0 Å². The molecule has 1 aliphatic rings. The second-order valence-electron chi connectivity index (χ2n) is 5.72. The summed E-state index contributed by atoms with van der Waals surface area (Å²) in [5.41, 5.74) is 5.54. The van der Waals surface area contributed by atoms with Crippen LogP contribution in [0.25, 0.3) is 11.5 Å². The molecular weight excluding hydrogens is 347 g/mol. The third-order valence-electron chi connectivity index (χ3n) is 4.01. The number of primary amides is 1. The minimum Gasteiger partial charge on any atom is -0.411 e. The van der Waals surface area contributed by atoms with Crippen LogP contribution < -0.4 is 5.73 Å². The van der Waals surface area contributed by atoms with Crippen LogP contribution in [-0.4, -0.2) is 45.8 Å². The van der Waals surface area contributed by atoms with Gasteiger partial charge in [-0.3, -0.25) is 9.59 Å². The normalized spacial score (nSPS) is 17.5. The minimum absolute atomic E-state index is 0.0693. The Hall–Kier alpha value is -2.42. The third-order valence-corrected chi connectivity index (χ3v) is 4.81. The van der Waals surface area contributed by atoms with Gasteiger partial charge in [-0.1, -0.05) is 23.9 Å². The lowest BCUT2D eigenvalue weighted by Gasteiger charge is -2.31.